The van der Waals surface area contributed by atoms with E-state index in [1.807, 2.05) is 13.8 Å². The fourth-order valence-electron chi connectivity index (χ4n) is 3.69. The number of anilines is 1. The molecule has 3 rings (SSSR count). The minimum atomic E-state index is -0.440. The normalized spacial score (nSPS) is 15.6. The van der Waals surface area contributed by atoms with Crippen molar-refractivity contribution >= 4 is 17.6 Å². The first-order valence-electron chi connectivity index (χ1n) is 9.14. The van der Waals surface area contributed by atoms with Crippen LogP contribution in [0.4, 0.5) is 5.69 Å². The summed E-state index contributed by atoms with van der Waals surface area (Å²) in [5, 5.41) is 2.84. The van der Waals surface area contributed by atoms with Crippen LogP contribution >= 0.6 is 0 Å². The Labute approximate surface area is 159 Å². The summed E-state index contributed by atoms with van der Waals surface area (Å²) in [6, 6.07) is 7.06. The molecule has 0 bridgehead atoms. The lowest BCUT2D eigenvalue weighted by molar-refractivity contribution is 0.0600. The minimum absolute atomic E-state index is 0.274. The zero-order valence-electron chi connectivity index (χ0n) is 16.3. The number of likely N-dealkylation sites (tertiary alicyclic amines) is 1. The Bertz CT molecular complexity index is 851. The molecule has 1 aliphatic rings. The van der Waals surface area contributed by atoms with Gasteiger partial charge in [0.1, 0.15) is 11.5 Å². The first-order valence-corrected chi connectivity index (χ1v) is 9.14. The van der Waals surface area contributed by atoms with Crippen LogP contribution in [0.15, 0.2) is 24.3 Å². The van der Waals surface area contributed by atoms with Gasteiger partial charge in [0.2, 0.25) is 0 Å². The summed E-state index contributed by atoms with van der Waals surface area (Å²) in [6.45, 7) is 5.98. The zero-order chi connectivity index (χ0) is 19.6. The summed E-state index contributed by atoms with van der Waals surface area (Å²) in [7, 11) is 3.46. The summed E-state index contributed by atoms with van der Waals surface area (Å²) >= 11 is 0. The molecule has 1 amide bonds. The number of nitrogens with zero attached hydrogens (tertiary/aromatic N) is 3. The topological polar surface area (TPSA) is 76.5 Å². The number of rotatable bonds is 4. The van der Waals surface area contributed by atoms with Crippen LogP contribution in [0.5, 0.6) is 0 Å². The number of esters is 1. The van der Waals surface area contributed by atoms with Crippen molar-refractivity contribution < 1.29 is 14.3 Å². The highest BCUT2D eigenvalue weighted by Gasteiger charge is 2.25. The van der Waals surface area contributed by atoms with Gasteiger partial charge in [0, 0.05) is 17.4 Å². The van der Waals surface area contributed by atoms with Gasteiger partial charge in [-0.2, -0.15) is 0 Å². The van der Waals surface area contributed by atoms with Gasteiger partial charge in [0.15, 0.2) is 0 Å². The predicted octanol–water partition coefficient (Wildman–Crippen LogP) is 2.81. The van der Waals surface area contributed by atoms with E-state index < -0.39 is 5.97 Å². The van der Waals surface area contributed by atoms with E-state index in [4.69, 9.17) is 4.74 Å². The maximum absolute atomic E-state index is 12.8. The van der Waals surface area contributed by atoms with Gasteiger partial charge in [0.25, 0.3) is 5.91 Å². The van der Waals surface area contributed by atoms with E-state index in [9.17, 15) is 9.59 Å². The SMILES string of the molecule is COC(=O)c1cccc(NC(=O)c2nc(C)n(C3CCN(C)CC3)c2C)c1. The third kappa shape index (κ3) is 4.03. The number of nitrogens with one attached hydrogen (secondary N) is 1. The largest absolute Gasteiger partial charge is 0.465 e. The lowest BCUT2D eigenvalue weighted by atomic mass is 10.0. The molecule has 7 heteroatoms. The number of methoxy groups -OCH3 is 1. The van der Waals surface area contributed by atoms with Crippen molar-refractivity contribution in [2.45, 2.75) is 32.7 Å². The molecule has 1 fully saturated rings. The van der Waals surface area contributed by atoms with Gasteiger partial charge in [-0.1, -0.05) is 6.07 Å². The molecule has 0 saturated carbocycles. The molecule has 2 heterocycles. The van der Waals surface area contributed by atoms with E-state index in [0.29, 0.717) is 23.0 Å². The Kier molecular flexibility index (Phi) is 5.60. The fraction of sp³-hybridized carbons (Fsp3) is 0.450. The number of imidazole rings is 1. The second-order valence-corrected chi connectivity index (χ2v) is 7.02. The van der Waals surface area contributed by atoms with Gasteiger partial charge < -0.3 is 19.5 Å². The van der Waals surface area contributed by atoms with Gasteiger partial charge >= 0.3 is 5.97 Å². The molecule has 1 aromatic carbocycles. The van der Waals surface area contributed by atoms with Gasteiger partial charge in [0.05, 0.1) is 12.7 Å². The Morgan fingerprint density at radius 3 is 2.59 bits per heavy atom. The van der Waals surface area contributed by atoms with Crippen LogP contribution in [-0.4, -0.2) is 53.6 Å². The smallest absolute Gasteiger partial charge is 0.337 e. The number of hydrogen-bond donors (Lipinski definition) is 1. The molecule has 7 nitrogen and oxygen atoms in total. The van der Waals surface area contributed by atoms with Crippen LogP contribution in [0.1, 0.15) is 51.2 Å². The number of benzene rings is 1. The molecule has 1 aliphatic heterocycles. The number of amides is 1. The molecule has 1 aromatic heterocycles. The molecule has 0 unspecified atom stereocenters. The minimum Gasteiger partial charge on any atom is -0.465 e. The number of ether oxygens (including phenoxy) is 1. The standard InChI is InChI=1S/C20H26N4O3/c1-13-18(21-14(2)24(13)17-8-10-23(3)11-9-17)19(25)22-16-7-5-6-15(12-16)20(26)27-4/h5-7,12,17H,8-11H2,1-4H3,(H,22,25). The Morgan fingerprint density at radius 1 is 1.22 bits per heavy atom. The van der Waals surface area contributed by atoms with Gasteiger partial charge in [-0.05, 0) is 65.0 Å². The summed E-state index contributed by atoms with van der Waals surface area (Å²) < 4.78 is 6.91. The van der Waals surface area contributed by atoms with Gasteiger partial charge in [-0.25, -0.2) is 9.78 Å². The molecule has 2 aromatic rings. The first-order chi connectivity index (χ1) is 12.9. The molecule has 1 N–H and O–H groups in total. The first kappa shape index (κ1) is 19.1. The molecule has 0 atom stereocenters. The molecule has 144 valence electrons. The van der Waals surface area contributed by atoms with Crippen LogP contribution in [-0.2, 0) is 4.74 Å². The zero-order valence-corrected chi connectivity index (χ0v) is 16.3. The van der Waals surface area contributed by atoms with Crippen LogP contribution in [0, 0.1) is 13.8 Å². The van der Waals surface area contributed by atoms with Gasteiger partial charge in [-0.15, -0.1) is 0 Å². The Hall–Kier alpha value is -2.67. The highest BCUT2D eigenvalue weighted by Crippen LogP contribution is 2.27. The second-order valence-electron chi connectivity index (χ2n) is 7.02. The van der Waals surface area contributed by atoms with Crippen LogP contribution in [0.2, 0.25) is 0 Å². The number of aryl methyl sites for hydroxylation is 1. The highest BCUT2D eigenvalue weighted by molar-refractivity contribution is 6.04. The molecule has 0 spiro atoms. The Morgan fingerprint density at radius 2 is 1.93 bits per heavy atom. The lowest BCUT2D eigenvalue weighted by Crippen LogP contribution is -2.32. The second kappa shape index (κ2) is 7.92. The van der Waals surface area contributed by atoms with Crippen molar-refractivity contribution in [3.05, 3.63) is 47.0 Å². The van der Waals surface area contributed by atoms with E-state index >= 15 is 0 Å². The van der Waals surface area contributed by atoms with Crippen molar-refractivity contribution in [1.82, 2.24) is 14.5 Å². The quantitative estimate of drug-likeness (QED) is 0.838. The highest BCUT2D eigenvalue weighted by atomic mass is 16.5. The van der Waals surface area contributed by atoms with Crippen molar-refractivity contribution in [2.24, 2.45) is 0 Å². The fourth-order valence-corrected chi connectivity index (χ4v) is 3.69. The third-order valence-corrected chi connectivity index (χ3v) is 5.14. The van der Waals surface area contributed by atoms with Crippen molar-refractivity contribution in [3.63, 3.8) is 0 Å². The van der Waals surface area contributed by atoms with E-state index in [-0.39, 0.29) is 5.91 Å². The van der Waals surface area contributed by atoms with Crippen LogP contribution < -0.4 is 5.32 Å². The van der Waals surface area contributed by atoms with Crippen molar-refractivity contribution in [1.29, 1.82) is 0 Å². The lowest BCUT2D eigenvalue weighted by Gasteiger charge is -2.31. The van der Waals surface area contributed by atoms with E-state index in [1.54, 1.807) is 24.3 Å². The predicted molar refractivity (Wildman–Crippen MR) is 103 cm³/mol. The van der Waals surface area contributed by atoms with Crippen LogP contribution in [0.25, 0.3) is 0 Å². The molecule has 27 heavy (non-hydrogen) atoms. The average Bonchev–Trinajstić information content (AvgIpc) is 2.96. The maximum Gasteiger partial charge on any atom is 0.337 e. The number of aromatic nitrogens is 2. The van der Waals surface area contributed by atoms with E-state index in [0.717, 1.165) is 37.4 Å². The molecular weight excluding hydrogens is 344 g/mol. The number of carbonyl (C=O) groups is 2. The summed E-state index contributed by atoms with van der Waals surface area (Å²) in [5.41, 5.74) is 2.23. The molecule has 1 saturated heterocycles. The third-order valence-electron chi connectivity index (χ3n) is 5.14. The van der Waals surface area contributed by atoms with Crippen LogP contribution in [0.3, 0.4) is 0 Å². The molecular formula is C20H26N4O3. The molecule has 0 aliphatic carbocycles. The number of carbonyl (C=O) groups excluding carboxylic acids is 2. The van der Waals surface area contributed by atoms with E-state index in [2.05, 4.69) is 26.8 Å². The average molecular weight is 370 g/mol. The summed E-state index contributed by atoms with van der Waals surface area (Å²) in [4.78, 5) is 31.3. The maximum atomic E-state index is 12.8. The number of piperidine rings is 1. The van der Waals surface area contributed by atoms with Crippen molar-refractivity contribution in [3.8, 4) is 0 Å². The van der Waals surface area contributed by atoms with Crippen molar-refractivity contribution in [2.75, 3.05) is 32.6 Å². The van der Waals surface area contributed by atoms with Gasteiger partial charge in [-0.3, -0.25) is 4.79 Å². The Balaban J connectivity index is 1.80. The summed E-state index contributed by atoms with van der Waals surface area (Å²) in [6.07, 6.45) is 2.10. The number of hydrogen-bond acceptors (Lipinski definition) is 5. The van der Waals surface area contributed by atoms with E-state index in [1.165, 1.54) is 7.11 Å². The monoisotopic (exact) mass is 370 g/mol. The molecule has 0 radical (unpaired) electrons. The summed E-state index contributed by atoms with van der Waals surface area (Å²) in [5.74, 6) is 0.143.